The summed E-state index contributed by atoms with van der Waals surface area (Å²) in [4.78, 5) is 24.6. The molecule has 11 nitrogen and oxygen atoms in total. The monoisotopic (exact) mass is 704 g/mol. The van der Waals surface area contributed by atoms with Crippen molar-refractivity contribution in [3.63, 3.8) is 0 Å². The minimum Gasteiger partial charge on any atom is -0.490 e. The van der Waals surface area contributed by atoms with E-state index in [0.29, 0.717) is 50.2 Å². The number of hydrogen-bond acceptors (Lipinski definition) is 9. The number of urea groups is 1. The molecule has 0 aromatic heterocycles. The van der Waals surface area contributed by atoms with Crippen LogP contribution in [0, 0.1) is 5.82 Å². The van der Waals surface area contributed by atoms with E-state index in [4.69, 9.17) is 30.5 Å². The molecule has 3 aromatic carbocycles. The molecule has 2 atom stereocenters. The van der Waals surface area contributed by atoms with Crippen LogP contribution in [-0.2, 0) is 16.1 Å². The molecule has 238 valence electrons. The largest absolute Gasteiger partial charge is 0.490 e. The number of amides is 2. The molecule has 3 aromatic rings. The Kier molecular flexibility index (Phi) is 11.6. The average molecular weight is 706 g/mol. The van der Waals surface area contributed by atoms with Gasteiger partial charge >= 0.3 is 12.0 Å². The second-order valence-electron chi connectivity index (χ2n) is 9.64. The zero-order chi connectivity index (χ0) is 32.5. The molecule has 4 N–H and O–H groups in total. The first-order valence-corrected chi connectivity index (χ1v) is 14.9. The molecule has 0 aliphatic carbocycles. The van der Waals surface area contributed by atoms with Crippen LogP contribution >= 0.6 is 27.5 Å². The van der Waals surface area contributed by atoms with Gasteiger partial charge in [0.05, 0.1) is 41.0 Å². The predicted molar refractivity (Wildman–Crippen MR) is 169 cm³/mol. The minimum absolute atomic E-state index is 0.187. The van der Waals surface area contributed by atoms with E-state index >= 15 is 0 Å². The Labute approximate surface area is 272 Å². The number of carbonyl (C=O) groups excluding carboxylic acids is 2. The minimum atomic E-state index is -1.19. The third-order valence-corrected chi connectivity index (χ3v) is 7.30. The first-order chi connectivity index (χ1) is 21.6. The fourth-order valence-electron chi connectivity index (χ4n) is 4.35. The van der Waals surface area contributed by atoms with Gasteiger partial charge in [-0.1, -0.05) is 29.8 Å². The van der Waals surface area contributed by atoms with Crippen LogP contribution in [0.2, 0.25) is 5.02 Å². The van der Waals surface area contributed by atoms with Crippen molar-refractivity contribution in [2.24, 2.45) is 5.10 Å². The highest BCUT2D eigenvalue weighted by Gasteiger charge is 2.32. The molecule has 1 aliphatic heterocycles. The van der Waals surface area contributed by atoms with Gasteiger partial charge in [-0.15, -0.1) is 0 Å². The van der Waals surface area contributed by atoms with Crippen LogP contribution in [0.3, 0.4) is 0 Å². The lowest BCUT2D eigenvalue weighted by atomic mass is 9.95. The van der Waals surface area contributed by atoms with Crippen molar-refractivity contribution in [2.45, 2.75) is 32.7 Å². The normalized spacial score (nSPS) is 15.3. The summed E-state index contributed by atoms with van der Waals surface area (Å²) in [6.45, 7) is 3.75. The van der Waals surface area contributed by atoms with Crippen molar-refractivity contribution in [3.05, 3.63) is 97.9 Å². The fraction of sp³-hybridized carbons (Fsp3) is 0.258. The Morgan fingerprint density at radius 3 is 2.60 bits per heavy atom. The van der Waals surface area contributed by atoms with Crippen molar-refractivity contribution in [1.82, 2.24) is 16.1 Å². The van der Waals surface area contributed by atoms with Gasteiger partial charge in [0, 0.05) is 5.70 Å². The number of nitrogens with zero attached hydrogens (tertiary/aromatic N) is 1. The molecule has 14 heteroatoms. The number of rotatable bonds is 13. The Bertz CT molecular complexity index is 1580. The number of aliphatic hydroxyl groups is 1. The van der Waals surface area contributed by atoms with E-state index in [1.165, 1.54) is 25.5 Å². The Morgan fingerprint density at radius 2 is 1.91 bits per heavy atom. The van der Waals surface area contributed by atoms with Gasteiger partial charge in [0.2, 0.25) is 0 Å². The number of hydrazone groups is 1. The van der Waals surface area contributed by atoms with Gasteiger partial charge < -0.3 is 34.7 Å². The van der Waals surface area contributed by atoms with Crippen LogP contribution in [0.5, 0.6) is 17.2 Å². The molecule has 45 heavy (non-hydrogen) atoms. The van der Waals surface area contributed by atoms with E-state index in [1.54, 1.807) is 56.3 Å². The van der Waals surface area contributed by atoms with E-state index in [1.807, 2.05) is 0 Å². The van der Waals surface area contributed by atoms with Crippen molar-refractivity contribution in [2.75, 3.05) is 20.3 Å². The van der Waals surface area contributed by atoms with Crippen LogP contribution in [0.25, 0.3) is 0 Å². The highest BCUT2D eigenvalue weighted by molar-refractivity contribution is 9.10. The Morgan fingerprint density at radius 1 is 1.16 bits per heavy atom. The molecule has 1 aliphatic rings. The smallest absolute Gasteiger partial charge is 0.337 e. The third-order valence-electron chi connectivity index (χ3n) is 6.43. The van der Waals surface area contributed by atoms with E-state index in [-0.39, 0.29) is 24.6 Å². The number of nitrogens with one attached hydrogen (secondary N) is 3. The molecule has 0 saturated heterocycles. The number of methoxy groups -OCH3 is 1. The van der Waals surface area contributed by atoms with E-state index in [2.05, 4.69) is 37.1 Å². The highest BCUT2D eigenvalue weighted by Crippen LogP contribution is 2.36. The van der Waals surface area contributed by atoms with Gasteiger partial charge in [-0.3, -0.25) is 5.43 Å². The number of halogens is 3. The Balaban J connectivity index is 1.37. The molecule has 0 unspecified atom stereocenters. The second kappa shape index (κ2) is 15.6. The second-order valence-corrected chi connectivity index (χ2v) is 10.9. The molecule has 0 spiro atoms. The topological polar surface area (TPSA) is 140 Å². The van der Waals surface area contributed by atoms with E-state index < -0.39 is 24.3 Å². The van der Waals surface area contributed by atoms with Crippen molar-refractivity contribution >= 4 is 45.7 Å². The summed E-state index contributed by atoms with van der Waals surface area (Å²) in [6, 6.07) is 13.1. The highest BCUT2D eigenvalue weighted by atomic mass is 79.9. The molecule has 1 heterocycles. The van der Waals surface area contributed by atoms with Gasteiger partial charge in [0.25, 0.3) is 0 Å². The van der Waals surface area contributed by atoms with Crippen LogP contribution < -0.4 is 30.3 Å². The summed E-state index contributed by atoms with van der Waals surface area (Å²) in [7, 11) is 1.26. The Hall–Kier alpha value is -4.33. The van der Waals surface area contributed by atoms with Crippen LogP contribution in [0.15, 0.2) is 75.4 Å². The number of allylic oxidation sites excluding steroid dienone is 1. The van der Waals surface area contributed by atoms with Gasteiger partial charge in [-0.05, 0) is 82.9 Å². The number of carbonyl (C=O) groups is 2. The first-order valence-electron chi connectivity index (χ1n) is 13.7. The summed E-state index contributed by atoms with van der Waals surface area (Å²) in [6.07, 6.45) is 0.277. The van der Waals surface area contributed by atoms with Gasteiger partial charge in [0.1, 0.15) is 19.0 Å². The standard InChI is InChI=1S/C31H31BrClFN4O7/c1-4-43-25-13-20(28-27(30(40)42-3)17(2)36-31(41)37-28)7-10-24(25)44-16-26(39)38-35-14-19-11-22(32)29(23(33)12-19)45-15-18-5-8-21(34)9-6-18/h5-14,26,28,38-39H,4,15-16H2,1-3H3,(H2,36,37,41)/b35-14-/t26-,28+/m0/s1. The van der Waals surface area contributed by atoms with Crippen LogP contribution in [-0.4, -0.2) is 49.9 Å². The molecule has 0 saturated carbocycles. The lowest BCUT2D eigenvalue weighted by molar-refractivity contribution is -0.136. The summed E-state index contributed by atoms with van der Waals surface area (Å²) in [5, 5.41) is 20.1. The van der Waals surface area contributed by atoms with Gasteiger partial charge in [-0.2, -0.15) is 5.10 Å². The summed E-state index contributed by atoms with van der Waals surface area (Å²) in [5.74, 6) is 0.190. The summed E-state index contributed by atoms with van der Waals surface area (Å²) >= 11 is 9.85. The summed E-state index contributed by atoms with van der Waals surface area (Å²) < 4.78 is 35.9. The van der Waals surface area contributed by atoms with Gasteiger partial charge in [-0.25, -0.2) is 14.0 Å². The zero-order valence-electron chi connectivity index (χ0n) is 24.5. The number of esters is 1. The fourth-order valence-corrected chi connectivity index (χ4v) is 5.34. The first kappa shape index (κ1) is 33.6. The van der Waals surface area contributed by atoms with Crippen LogP contribution in [0.4, 0.5) is 9.18 Å². The average Bonchev–Trinajstić information content (AvgIpc) is 3.00. The maximum atomic E-state index is 13.1. The van der Waals surface area contributed by atoms with Crippen molar-refractivity contribution < 1.29 is 38.0 Å². The molecule has 4 rings (SSSR count). The maximum absolute atomic E-state index is 13.1. The molecular formula is C31H31BrClFN4O7. The van der Waals surface area contributed by atoms with E-state index in [0.717, 1.165) is 5.56 Å². The lowest BCUT2D eigenvalue weighted by Gasteiger charge is -2.28. The molecule has 2 amide bonds. The number of benzene rings is 3. The lowest BCUT2D eigenvalue weighted by Crippen LogP contribution is -2.45. The SMILES string of the molecule is CCOc1cc([C@H]2NC(=O)NC(C)=C2C(=O)OC)ccc1OC[C@H](O)N/N=C\c1cc(Cl)c(OCc2ccc(F)cc2)c(Br)c1. The number of ether oxygens (including phenoxy) is 4. The molecule has 0 radical (unpaired) electrons. The van der Waals surface area contributed by atoms with Crippen LogP contribution in [0.1, 0.15) is 36.6 Å². The zero-order valence-corrected chi connectivity index (χ0v) is 26.9. The van der Waals surface area contributed by atoms with Gasteiger partial charge in [0.15, 0.2) is 23.5 Å². The number of hydrogen-bond donors (Lipinski definition) is 4. The predicted octanol–water partition coefficient (Wildman–Crippen LogP) is 5.34. The third kappa shape index (κ3) is 8.87. The molecule has 0 fully saturated rings. The van der Waals surface area contributed by atoms with Crippen molar-refractivity contribution in [1.29, 1.82) is 0 Å². The molecular weight excluding hydrogens is 675 g/mol. The number of aliphatic hydroxyl groups excluding tert-OH is 1. The maximum Gasteiger partial charge on any atom is 0.337 e. The quantitative estimate of drug-likeness (QED) is 0.0809. The van der Waals surface area contributed by atoms with E-state index in [9.17, 15) is 19.1 Å². The molecule has 0 bridgehead atoms. The summed E-state index contributed by atoms with van der Waals surface area (Å²) in [5.41, 5.74) is 5.19. The van der Waals surface area contributed by atoms with Crippen molar-refractivity contribution in [3.8, 4) is 17.2 Å².